The van der Waals surface area contributed by atoms with Crippen LogP contribution >= 0.6 is 11.8 Å². The van der Waals surface area contributed by atoms with Gasteiger partial charge in [-0.3, -0.25) is 0 Å². The molecular weight excluding hydrogens is 228 g/mol. The Morgan fingerprint density at radius 2 is 2.00 bits per heavy atom. The fourth-order valence-corrected chi connectivity index (χ4v) is 4.53. The lowest BCUT2D eigenvalue weighted by Gasteiger charge is -2.42. The summed E-state index contributed by atoms with van der Waals surface area (Å²) in [5, 5.41) is 3.95. The van der Waals surface area contributed by atoms with Gasteiger partial charge >= 0.3 is 0 Å². The van der Waals surface area contributed by atoms with Gasteiger partial charge in [0.1, 0.15) is 0 Å². The highest BCUT2D eigenvalue weighted by Crippen LogP contribution is 2.34. The van der Waals surface area contributed by atoms with Crippen LogP contribution in [0.2, 0.25) is 0 Å². The normalized spacial score (nSPS) is 31.6. The van der Waals surface area contributed by atoms with Gasteiger partial charge < -0.3 is 10.2 Å². The molecule has 0 bridgehead atoms. The molecule has 1 unspecified atom stereocenters. The highest BCUT2D eigenvalue weighted by molar-refractivity contribution is 7.99. The van der Waals surface area contributed by atoms with E-state index in [2.05, 4.69) is 42.7 Å². The van der Waals surface area contributed by atoms with Crippen LogP contribution in [0.1, 0.15) is 40.0 Å². The molecule has 2 fully saturated rings. The molecule has 2 nitrogen and oxygen atoms in total. The van der Waals surface area contributed by atoms with Gasteiger partial charge in [0.15, 0.2) is 0 Å². The molecule has 0 radical (unpaired) electrons. The molecule has 17 heavy (non-hydrogen) atoms. The summed E-state index contributed by atoms with van der Waals surface area (Å²) >= 11 is 2.13. The minimum absolute atomic E-state index is 0.493. The van der Waals surface area contributed by atoms with E-state index in [4.69, 9.17) is 0 Å². The summed E-state index contributed by atoms with van der Waals surface area (Å²) in [7, 11) is 0. The lowest BCUT2D eigenvalue weighted by molar-refractivity contribution is 0.167. The Balaban J connectivity index is 1.80. The maximum Gasteiger partial charge on any atom is 0.0212 e. The number of likely N-dealkylation sites (tertiary alicyclic amines) is 1. The van der Waals surface area contributed by atoms with Crippen molar-refractivity contribution < 1.29 is 0 Å². The predicted molar refractivity (Wildman–Crippen MR) is 77.8 cm³/mol. The summed E-state index contributed by atoms with van der Waals surface area (Å²) in [6, 6.07) is 1.49. The second-order valence-electron chi connectivity index (χ2n) is 6.24. The summed E-state index contributed by atoms with van der Waals surface area (Å²) < 4.78 is 0. The average Bonchev–Trinajstić information content (AvgIpc) is 2.33. The van der Waals surface area contributed by atoms with E-state index in [1.54, 1.807) is 0 Å². The van der Waals surface area contributed by atoms with E-state index >= 15 is 0 Å². The number of nitrogens with zero attached hydrogens (tertiary/aromatic N) is 1. The quantitative estimate of drug-likeness (QED) is 0.835. The monoisotopic (exact) mass is 256 g/mol. The van der Waals surface area contributed by atoms with Gasteiger partial charge in [-0.1, -0.05) is 20.8 Å². The molecule has 2 aliphatic heterocycles. The minimum Gasteiger partial charge on any atom is -0.310 e. The molecule has 2 heterocycles. The second-order valence-corrected chi connectivity index (χ2v) is 7.39. The number of piperidine rings is 1. The molecule has 3 heteroatoms. The Morgan fingerprint density at radius 1 is 1.29 bits per heavy atom. The van der Waals surface area contributed by atoms with E-state index in [1.165, 1.54) is 50.4 Å². The number of hydrogen-bond donors (Lipinski definition) is 1. The highest BCUT2D eigenvalue weighted by Gasteiger charge is 2.34. The molecule has 0 aliphatic carbocycles. The molecule has 1 N–H and O–H groups in total. The predicted octanol–water partition coefficient (Wildman–Crippen LogP) is 2.59. The van der Waals surface area contributed by atoms with Crippen molar-refractivity contribution in [3.8, 4) is 0 Å². The second kappa shape index (κ2) is 5.94. The van der Waals surface area contributed by atoms with Crippen molar-refractivity contribution in [1.29, 1.82) is 0 Å². The molecule has 0 spiro atoms. The molecule has 0 saturated carbocycles. The first-order chi connectivity index (χ1) is 8.12. The summed E-state index contributed by atoms with van der Waals surface area (Å²) in [6.07, 6.45) is 4.04. The molecule has 0 aromatic carbocycles. The fraction of sp³-hybridized carbons (Fsp3) is 1.00. The minimum atomic E-state index is 0.493. The van der Waals surface area contributed by atoms with Gasteiger partial charge in [-0.25, -0.2) is 0 Å². The zero-order valence-electron chi connectivity index (χ0n) is 11.7. The molecule has 2 saturated heterocycles. The summed E-state index contributed by atoms with van der Waals surface area (Å²) in [6.45, 7) is 10.9. The van der Waals surface area contributed by atoms with E-state index in [-0.39, 0.29) is 0 Å². The van der Waals surface area contributed by atoms with Gasteiger partial charge in [0.25, 0.3) is 0 Å². The van der Waals surface area contributed by atoms with Crippen molar-refractivity contribution in [2.45, 2.75) is 52.1 Å². The first-order valence-electron chi connectivity index (χ1n) is 7.18. The first-order valence-corrected chi connectivity index (χ1v) is 8.33. The van der Waals surface area contributed by atoms with Crippen molar-refractivity contribution >= 4 is 11.8 Å². The first kappa shape index (κ1) is 13.7. The van der Waals surface area contributed by atoms with Crippen LogP contribution in [0, 0.1) is 5.41 Å². The molecule has 100 valence electrons. The van der Waals surface area contributed by atoms with E-state index in [0.717, 1.165) is 12.1 Å². The number of thioether (sulfide) groups is 1. The van der Waals surface area contributed by atoms with Gasteiger partial charge in [-0.15, -0.1) is 0 Å². The molecule has 0 amide bonds. The molecule has 0 aromatic rings. The van der Waals surface area contributed by atoms with Crippen molar-refractivity contribution in [3.05, 3.63) is 0 Å². The zero-order chi connectivity index (χ0) is 12.3. The Hall–Kier alpha value is 0.270. The third kappa shape index (κ3) is 3.62. The molecule has 2 rings (SSSR count). The van der Waals surface area contributed by atoms with Crippen LogP contribution in [0.25, 0.3) is 0 Å². The van der Waals surface area contributed by atoms with E-state index < -0.39 is 0 Å². The van der Waals surface area contributed by atoms with Crippen LogP contribution in [-0.4, -0.2) is 48.1 Å². The van der Waals surface area contributed by atoms with Crippen LogP contribution in [-0.2, 0) is 0 Å². The average molecular weight is 256 g/mol. The van der Waals surface area contributed by atoms with Gasteiger partial charge in [0.2, 0.25) is 0 Å². The topological polar surface area (TPSA) is 15.3 Å². The maximum atomic E-state index is 3.95. The van der Waals surface area contributed by atoms with Crippen LogP contribution in [0.4, 0.5) is 0 Å². The smallest absolute Gasteiger partial charge is 0.0212 e. The summed E-state index contributed by atoms with van der Waals surface area (Å²) in [5.41, 5.74) is 0.493. The Bertz CT molecular complexity index is 234. The third-order valence-electron chi connectivity index (χ3n) is 4.59. The van der Waals surface area contributed by atoms with Crippen LogP contribution in [0.5, 0.6) is 0 Å². The fourth-order valence-electron chi connectivity index (χ4n) is 2.91. The largest absolute Gasteiger partial charge is 0.310 e. The summed E-state index contributed by atoms with van der Waals surface area (Å²) in [5.74, 6) is 2.65. The van der Waals surface area contributed by atoms with Gasteiger partial charge in [-0.2, -0.15) is 11.8 Å². The van der Waals surface area contributed by atoms with Crippen LogP contribution in [0.15, 0.2) is 0 Å². The molecule has 0 aromatic heterocycles. The Kier molecular flexibility index (Phi) is 4.79. The Labute approximate surface area is 111 Å². The number of rotatable bonds is 3. The van der Waals surface area contributed by atoms with Crippen LogP contribution < -0.4 is 5.32 Å². The lowest BCUT2D eigenvalue weighted by atomic mass is 9.81. The van der Waals surface area contributed by atoms with Crippen molar-refractivity contribution in [2.24, 2.45) is 5.41 Å². The van der Waals surface area contributed by atoms with Crippen molar-refractivity contribution in [1.82, 2.24) is 10.2 Å². The SMILES string of the molecule is CCN1CCC(NC2CSCCC2(C)C)CC1. The van der Waals surface area contributed by atoms with E-state index in [9.17, 15) is 0 Å². The molecular formula is C14H28N2S. The number of nitrogens with one attached hydrogen (secondary N) is 1. The van der Waals surface area contributed by atoms with Crippen molar-refractivity contribution in [3.63, 3.8) is 0 Å². The molecule has 2 aliphatic rings. The number of hydrogen-bond acceptors (Lipinski definition) is 3. The van der Waals surface area contributed by atoms with Crippen LogP contribution in [0.3, 0.4) is 0 Å². The molecule has 1 atom stereocenters. The lowest BCUT2D eigenvalue weighted by Crippen LogP contribution is -2.53. The standard InChI is InChI=1S/C14H28N2S/c1-4-16-8-5-12(6-9-16)15-13-11-17-10-7-14(13,2)3/h12-13,15H,4-11H2,1-3H3. The highest BCUT2D eigenvalue weighted by atomic mass is 32.2. The Morgan fingerprint density at radius 3 is 2.59 bits per heavy atom. The third-order valence-corrected chi connectivity index (χ3v) is 5.65. The van der Waals surface area contributed by atoms with E-state index in [1.807, 2.05) is 0 Å². The van der Waals surface area contributed by atoms with E-state index in [0.29, 0.717) is 5.41 Å². The van der Waals surface area contributed by atoms with Crippen molar-refractivity contribution in [2.75, 3.05) is 31.1 Å². The summed E-state index contributed by atoms with van der Waals surface area (Å²) in [4.78, 5) is 2.57. The van der Waals surface area contributed by atoms with Gasteiger partial charge in [0, 0.05) is 17.8 Å². The van der Waals surface area contributed by atoms with Gasteiger partial charge in [0.05, 0.1) is 0 Å². The maximum absolute atomic E-state index is 3.95. The zero-order valence-corrected chi connectivity index (χ0v) is 12.5. The van der Waals surface area contributed by atoms with Gasteiger partial charge in [-0.05, 0) is 50.1 Å².